The fourth-order valence-corrected chi connectivity index (χ4v) is 3.25. The molecular weight excluding hydrogens is 516 g/mol. The summed E-state index contributed by atoms with van der Waals surface area (Å²) < 4.78 is 59.9. The topological polar surface area (TPSA) is 102 Å². The van der Waals surface area contributed by atoms with Crippen molar-refractivity contribution < 1.29 is 51.8 Å². The summed E-state index contributed by atoms with van der Waals surface area (Å²) in [6.07, 6.45) is 1.71. The molecule has 0 saturated heterocycles. The van der Waals surface area contributed by atoms with Gasteiger partial charge >= 0.3 is 0 Å². The average Bonchev–Trinajstić information content (AvgIpc) is 2.88. The maximum Gasteiger partial charge on any atom is 0.183 e. The lowest BCUT2D eigenvalue weighted by Crippen LogP contribution is -2.27. The van der Waals surface area contributed by atoms with Crippen molar-refractivity contribution in [2.45, 2.75) is 19.6 Å². The molecule has 0 N–H and O–H groups in total. The van der Waals surface area contributed by atoms with Gasteiger partial charge in [-0.2, -0.15) is 0 Å². The van der Waals surface area contributed by atoms with Crippen LogP contribution in [-0.2, 0) is 51.8 Å². The van der Waals surface area contributed by atoms with Crippen molar-refractivity contribution in [1.82, 2.24) is 0 Å². The number of rotatable bonds is 33. The average molecular weight is 571 g/mol. The molecule has 0 radical (unpaired) electrons. The van der Waals surface area contributed by atoms with Gasteiger partial charge in [0.1, 0.15) is 0 Å². The van der Waals surface area contributed by atoms with Gasteiger partial charge in [0.15, 0.2) is 8.32 Å². The van der Waals surface area contributed by atoms with Gasteiger partial charge in [0.05, 0.1) is 139 Å². The maximum absolute atomic E-state index is 5.71. The first kappa shape index (κ1) is 37.5. The van der Waals surface area contributed by atoms with Crippen molar-refractivity contribution >= 4 is 8.32 Å². The van der Waals surface area contributed by atoms with E-state index in [4.69, 9.17) is 51.8 Å². The Morgan fingerprint density at radius 3 is 0.789 bits per heavy atom. The molecule has 0 aromatic carbocycles. The molecule has 0 aliphatic carbocycles. The van der Waals surface area contributed by atoms with Crippen molar-refractivity contribution in [3.63, 3.8) is 0 Å². The molecule has 228 valence electrons. The number of hydrogen-bond acceptors (Lipinski definition) is 11. The van der Waals surface area contributed by atoms with Gasteiger partial charge in [-0.3, -0.25) is 0 Å². The summed E-state index contributed by atoms with van der Waals surface area (Å²) in [7, 11) is -1.44. The second-order valence-corrected chi connectivity index (χ2v) is 13.3. The van der Waals surface area contributed by atoms with Crippen LogP contribution in [0.15, 0.2) is 12.7 Å². The third-order valence-corrected chi connectivity index (χ3v) is 5.42. The third-order valence-electron chi connectivity index (χ3n) is 4.35. The highest BCUT2D eigenvalue weighted by Gasteiger charge is 2.13. The summed E-state index contributed by atoms with van der Waals surface area (Å²) in [4.78, 5) is 0. The zero-order chi connectivity index (χ0) is 27.8. The standard InChI is InChI=1S/C26H54O11Si/c1-5-6-27-7-8-28-9-10-29-11-12-30-13-14-31-15-16-32-17-18-33-19-20-34-21-22-35-23-24-36-25-26-37-38(2,3)4/h5H,1,6-26H2,2-4H3. The molecule has 0 rings (SSSR count). The van der Waals surface area contributed by atoms with Crippen LogP contribution in [0.5, 0.6) is 0 Å². The molecule has 0 unspecified atom stereocenters. The molecule has 0 aliphatic heterocycles. The first-order valence-electron chi connectivity index (χ1n) is 13.6. The van der Waals surface area contributed by atoms with Crippen LogP contribution >= 0.6 is 0 Å². The van der Waals surface area contributed by atoms with Crippen LogP contribution in [0, 0.1) is 0 Å². The van der Waals surface area contributed by atoms with Crippen LogP contribution in [0.3, 0.4) is 0 Å². The molecule has 0 aromatic heterocycles. The van der Waals surface area contributed by atoms with Gasteiger partial charge in [-0.25, -0.2) is 0 Å². The predicted octanol–water partition coefficient (Wildman–Crippen LogP) is 2.19. The van der Waals surface area contributed by atoms with E-state index in [-0.39, 0.29) is 0 Å². The zero-order valence-corrected chi connectivity index (χ0v) is 25.1. The zero-order valence-electron chi connectivity index (χ0n) is 24.1. The summed E-state index contributed by atoms with van der Waals surface area (Å²) in [5, 5.41) is 0. The number of ether oxygens (including phenoxy) is 10. The molecule has 0 aromatic rings. The SMILES string of the molecule is C=CCOCCOCCOCCOCCOCCOCCOCCOCCOCCOCCO[Si](C)(C)C. The minimum absolute atomic E-state index is 0.522. The summed E-state index contributed by atoms with van der Waals surface area (Å²) in [6.45, 7) is 21.5. The smallest absolute Gasteiger partial charge is 0.183 e. The Labute approximate surface area is 231 Å². The van der Waals surface area contributed by atoms with E-state index >= 15 is 0 Å². The fraction of sp³-hybridized carbons (Fsp3) is 0.923. The molecule has 38 heavy (non-hydrogen) atoms. The minimum Gasteiger partial charge on any atom is -0.415 e. The van der Waals surface area contributed by atoms with Gasteiger partial charge in [0.25, 0.3) is 0 Å². The lowest BCUT2D eigenvalue weighted by Gasteiger charge is -2.16. The van der Waals surface area contributed by atoms with E-state index in [2.05, 4.69) is 26.2 Å². The Kier molecular flexibility index (Phi) is 30.7. The monoisotopic (exact) mass is 570 g/mol. The lowest BCUT2D eigenvalue weighted by molar-refractivity contribution is -0.0264. The molecular formula is C26H54O11Si. The van der Waals surface area contributed by atoms with Crippen LogP contribution in [0.1, 0.15) is 0 Å². The van der Waals surface area contributed by atoms with Crippen LogP contribution in [0.25, 0.3) is 0 Å². The van der Waals surface area contributed by atoms with Crippen molar-refractivity contribution in [3.05, 3.63) is 12.7 Å². The van der Waals surface area contributed by atoms with Gasteiger partial charge in [-0.15, -0.1) is 6.58 Å². The Bertz CT molecular complexity index is 467. The highest BCUT2D eigenvalue weighted by atomic mass is 28.4. The Morgan fingerprint density at radius 2 is 0.579 bits per heavy atom. The van der Waals surface area contributed by atoms with Crippen LogP contribution in [0.4, 0.5) is 0 Å². The quantitative estimate of drug-likeness (QED) is 0.0659. The molecule has 0 amide bonds. The molecule has 0 saturated carbocycles. The molecule has 0 heterocycles. The van der Waals surface area contributed by atoms with Gasteiger partial charge in [0, 0.05) is 0 Å². The Balaban J connectivity index is 3.04. The largest absolute Gasteiger partial charge is 0.415 e. The normalized spacial score (nSPS) is 11.9. The predicted molar refractivity (Wildman–Crippen MR) is 148 cm³/mol. The molecule has 12 heteroatoms. The van der Waals surface area contributed by atoms with Crippen LogP contribution < -0.4 is 0 Å². The second kappa shape index (κ2) is 31.0. The van der Waals surface area contributed by atoms with Gasteiger partial charge < -0.3 is 51.8 Å². The first-order chi connectivity index (χ1) is 18.6. The highest BCUT2D eigenvalue weighted by molar-refractivity contribution is 6.69. The third kappa shape index (κ3) is 35.5. The Hall–Kier alpha value is -0.483. The fourth-order valence-electron chi connectivity index (χ4n) is 2.55. The molecule has 0 spiro atoms. The van der Waals surface area contributed by atoms with E-state index in [1.807, 2.05) is 0 Å². The van der Waals surface area contributed by atoms with E-state index < -0.39 is 8.32 Å². The minimum atomic E-state index is -1.44. The van der Waals surface area contributed by atoms with Gasteiger partial charge in [-0.05, 0) is 19.6 Å². The van der Waals surface area contributed by atoms with Crippen molar-refractivity contribution in [2.75, 3.05) is 139 Å². The van der Waals surface area contributed by atoms with Crippen molar-refractivity contribution in [1.29, 1.82) is 0 Å². The van der Waals surface area contributed by atoms with E-state index in [0.717, 1.165) is 0 Å². The highest BCUT2D eigenvalue weighted by Crippen LogP contribution is 2.01. The second-order valence-electron chi connectivity index (χ2n) is 8.84. The molecule has 0 fully saturated rings. The van der Waals surface area contributed by atoms with E-state index in [1.165, 1.54) is 0 Å². The van der Waals surface area contributed by atoms with Gasteiger partial charge in [0.2, 0.25) is 0 Å². The van der Waals surface area contributed by atoms with E-state index in [0.29, 0.717) is 139 Å². The lowest BCUT2D eigenvalue weighted by atomic mass is 10.6. The molecule has 0 bridgehead atoms. The summed E-state index contributed by atoms with van der Waals surface area (Å²) in [5.41, 5.74) is 0. The van der Waals surface area contributed by atoms with Gasteiger partial charge in [-0.1, -0.05) is 6.08 Å². The van der Waals surface area contributed by atoms with Crippen LogP contribution in [-0.4, -0.2) is 147 Å². The molecule has 0 aliphatic rings. The molecule has 11 nitrogen and oxygen atoms in total. The summed E-state index contributed by atoms with van der Waals surface area (Å²) in [5.74, 6) is 0. The summed E-state index contributed by atoms with van der Waals surface area (Å²) in [6, 6.07) is 0. The van der Waals surface area contributed by atoms with E-state index in [1.54, 1.807) is 6.08 Å². The summed E-state index contributed by atoms with van der Waals surface area (Å²) >= 11 is 0. The van der Waals surface area contributed by atoms with Crippen molar-refractivity contribution in [3.8, 4) is 0 Å². The number of hydrogen-bond donors (Lipinski definition) is 0. The van der Waals surface area contributed by atoms with Crippen molar-refractivity contribution in [2.24, 2.45) is 0 Å². The maximum atomic E-state index is 5.71. The van der Waals surface area contributed by atoms with Crippen LogP contribution in [0.2, 0.25) is 19.6 Å². The first-order valence-corrected chi connectivity index (χ1v) is 17.0. The van der Waals surface area contributed by atoms with E-state index in [9.17, 15) is 0 Å². The Morgan fingerprint density at radius 1 is 0.368 bits per heavy atom. The molecule has 0 atom stereocenters.